The van der Waals surface area contributed by atoms with Gasteiger partial charge in [-0.3, -0.25) is 0 Å². The summed E-state index contributed by atoms with van der Waals surface area (Å²) in [5, 5.41) is 1.10. The number of rotatable bonds is 2. The average molecular weight is 239 g/mol. The fourth-order valence-corrected chi connectivity index (χ4v) is 2.22. The number of nitrogens with zero attached hydrogens (tertiary/aromatic N) is 2. The summed E-state index contributed by atoms with van der Waals surface area (Å²) in [4.78, 5) is 7.57. The second-order valence-electron chi connectivity index (χ2n) is 3.46. The highest BCUT2D eigenvalue weighted by Crippen LogP contribution is 2.30. The van der Waals surface area contributed by atoms with Gasteiger partial charge in [-0.2, -0.15) is 0 Å². The van der Waals surface area contributed by atoms with E-state index < -0.39 is 0 Å². The van der Waals surface area contributed by atoms with E-state index in [-0.39, 0.29) is 0 Å². The van der Waals surface area contributed by atoms with Gasteiger partial charge in [0.15, 0.2) is 0 Å². The molecule has 0 N–H and O–H groups in total. The normalized spacial score (nSPS) is 10.6. The third kappa shape index (κ3) is 2.03. The Kier molecular flexibility index (Phi) is 3.03. The molecular weight excluding hydrogens is 228 g/mol. The molecule has 0 bridgehead atoms. The van der Waals surface area contributed by atoms with Crippen molar-refractivity contribution in [2.75, 3.05) is 19.0 Å². The van der Waals surface area contributed by atoms with Gasteiger partial charge in [0.2, 0.25) is 0 Å². The Balaban J connectivity index is 2.63. The van der Waals surface area contributed by atoms with Crippen LogP contribution in [0.2, 0.25) is 0 Å². The first kappa shape index (κ1) is 10.6. The molecule has 0 atom stereocenters. The molecule has 1 heterocycles. The van der Waals surface area contributed by atoms with Gasteiger partial charge in [0.25, 0.3) is 0 Å². The molecule has 4 heteroatoms. The van der Waals surface area contributed by atoms with Crippen molar-refractivity contribution in [3.63, 3.8) is 0 Å². The lowest BCUT2D eigenvalue weighted by molar-refractivity contribution is 1.08. The summed E-state index contributed by atoms with van der Waals surface area (Å²) < 4.78 is 0. The number of fused-ring (bicyclic) bond motifs is 1. The van der Waals surface area contributed by atoms with E-state index in [0.717, 1.165) is 21.6 Å². The maximum Gasteiger partial charge on any atom is 0.128 e. The smallest absolute Gasteiger partial charge is 0.128 e. The molecule has 0 unspecified atom stereocenters. The summed E-state index contributed by atoms with van der Waals surface area (Å²) in [6.45, 7) is 0. The summed E-state index contributed by atoms with van der Waals surface area (Å²) in [7, 11) is 11.0. The van der Waals surface area contributed by atoms with E-state index >= 15 is 0 Å². The summed E-state index contributed by atoms with van der Waals surface area (Å²) in [5.74, 6) is 0.958. The first-order valence-corrected chi connectivity index (χ1v) is 6.22. The van der Waals surface area contributed by atoms with Crippen molar-refractivity contribution in [2.24, 2.45) is 0 Å². The van der Waals surface area contributed by atoms with Crippen LogP contribution in [0.15, 0.2) is 35.2 Å². The second-order valence-corrected chi connectivity index (χ2v) is 4.52. The van der Waals surface area contributed by atoms with E-state index in [1.54, 1.807) is 0 Å². The van der Waals surface area contributed by atoms with Crippen molar-refractivity contribution in [1.82, 2.24) is 4.98 Å². The minimum absolute atomic E-state index is 0.958. The van der Waals surface area contributed by atoms with Gasteiger partial charge in [0.1, 0.15) is 5.82 Å². The first-order chi connectivity index (χ1) is 7.22. The summed E-state index contributed by atoms with van der Waals surface area (Å²) in [5.41, 5.74) is 0.979. The van der Waals surface area contributed by atoms with Gasteiger partial charge < -0.3 is 4.90 Å². The molecular formula is C11H11ClN2S. The molecule has 0 saturated carbocycles. The van der Waals surface area contributed by atoms with Crippen molar-refractivity contribution in [3.8, 4) is 0 Å². The van der Waals surface area contributed by atoms with Crippen molar-refractivity contribution >= 4 is 38.4 Å². The van der Waals surface area contributed by atoms with Crippen molar-refractivity contribution in [2.45, 2.75) is 4.90 Å². The van der Waals surface area contributed by atoms with Gasteiger partial charge in [-0.25, -0.2) is 4.98 Å². The maximum atomic E-state index is 5.79. The zero-order chi connectivity index (χ0) is 10.8. The number of anilines is 1. The van der Waals surface area contributed by atoms with Gasteiger partial charge in [-0.05, 0) is 45.9 Å². The van der Waals surface area contributed by atoms with Crippen LogP contribution in [-0.4, -0.2) is 19.1 Å². The zero-order valence-electron chi connectivity index (χ0n) is 8.57. The number of aromatic nitrogens is 1. The molecule has 0 radical (unpaired) electrons. The molecule has 0 aliphatic carbocycles. The van der Waals surface area contributed by atoms with Gasteiger partial charge in [0.05, 0.1) is 5.52 Å². The third-order valence-corrected chi connectivity index (χ3v) is 3.24. The molecule has 0 fully saturated rings. The van der Waals surface area contributed by atoms with Crippen LogP contribution in [0.1, 0.15) is 0 Å². The SMILES string of the molecule is CN(C)c1ccc2c(SCl)cccc2n1. The number of hydrogen-bond acceptors (Lipinski definition) is 3. The molecule has 0 aliphatic rings. The van der Waals surface area contributed by atoms with Gasteiger partial charge >= 0.3 is 0 Å². The Labute approximate surface area is 97.8 Å². The lowest BCUT2D eigenvalue weighted by Crippen LogP contribution is -2.10. The molecule has 78 valence electrons. The first-order valence-electron chi connectivity index (χ1n) is 4.58. The lowest BCUT2D eigenvalue weighted by atomic mass is 10.2. The summed E-state index contributed by atoms with van der Waals surface area (Å²) in [6, 6.07) is 10.0. The molecule has 1 aromatic heterocycles. The Morgan fingerprint density at radius 3 is 2.67 bits per heavy atom. The van der Waals surface area contributed by atoms with E-state index in [1.807, 2.05) is 43.3 Å². The Morgan fingerprint density at radius 2 is 2.00 bits per heavy atom. The number of halogens is 1. The zero-order valence-corrected chi connectivity index (χ0v) is 10.1. The topological polar surface area (TPSA) is 16.1 Å². The van der Waals surface area contributed by atoms with Crippen LogP contribution in [0.4, 0.5) is 5.82 Å². The fraction of sp³-hybridized carbons (Fsp3) is 0.182. The number of pyridine rings is 1. The van der Waals surface area contributed by atoms with Crippen molar-refractivity contribution in [3.05, 3.63) is 30.3 Å². The van der Waals surface area contributed by atoms with Crippen LogP contribution in [0.5, 0.6) is 0 Å². The van der Waals surface area contributed by atoms with Crippen LogP contribution in [-0.2, 0) is 0 Å². The highest BCUT2D eigenvalue weighted by atomic mass is 35.7. The Hall–Kier alpha value is -0.930. The molecule has 0 saturated heterocycles. The number of hydrogen-bond donors (Lipinski definition) is 0. The summed E-state index contributed by atoms with van der Waals surface area (Å²) in [6.07, 6.45) is 0. The predicted octanol–water partition coefficient (Wildman–Crippen LogP) is 3.55. The monoisotopic (exact) mass is 238 g/mol. The van der Waals surface area contributed by atoms with Crippen molar-refractivity contribution in [1.29, 1.82) is 0 Å². The molecule has 2 nitrogen and oxygen atoms in total. The van der Waals surface area contributed by atoms with E-state index in [2.05, 4.69) is 11.1 Å². The number of benzene rings is 1. The molecule has 2 rings (SSSR count). The molecule has 0 amide bonds. The molecule has 0 spiro atoms. The van der Waals surface area contributed by atoms with E-state index in [0.29, 0.717) is 0 Å². The Morgan fingerprint density at radius 1 is 1.20 bits per heavy atom. The highest BCUT2D eigenvalue weighted by molar-refractivity contribution is 8.21. The van der Waals surface area contributed by atoms with Gasteiger partial charge in [-0.1, -0.05) is 6.07 Å². The quantitative estimate of drug-likeness (QED) is 0.796. The molecule has 0 aliphatic heterocycles. The van der Waals surface area contributed by atoms with Crippen LogP contribution < -0.4 is 4.90 Å². The standard InChI is InChI=1S/C11H11ClN2S/c1-14(2)11-7-6-8-9(13-11)4-3-5-10(8)15-12/h3-7H,1-2H3. The summed E-state index contributed by atoms with van der Waals surface area (Å²) >= 11 is 0. The third-order valence-electron chi connectivity index (χ3n) is 2.22. The molecule has 2 aromatic rings. The molecule has 15 heavy (non-hydrogen) atoms. The van der Waals surface area contributed by atoms with Crippen LogP contribution >= 0.6 is 21.7 Å². The highest BCUT2D eigenvalue weighted by Gasteiger charge is 2.03. The minimum Gasteiger partial charge on any atom is -0.363 e. The van der Waals surface area contributed by atoms with E-state index in [9.17, 15) is 0 Å². The van der Waals surface area contributed by atoms with Crippen LogP contribution in [0.25, 0.3) is 10.9 Å². The van der Waals surface area contributed by atoms with E-state index in [4.69, 9.17) is 10.7 Å². The fourth-order valence-electron chi connectivity index (χ4n) is 1.43. The van der Waals surface area contributed by atoms with Crippen LogP contribution in [0.3, 0.4) is 0 Å². The predicted molar refractivity (Wildman–Crippen MR) is 67.8 cm³/mol. The van der Waals surface area contributed by atoms with Gasteiger partial charge in [-0.15, -0.1) is 0 Å². The minimum atomic E-state index is 0.958. The maximum absolute atomic E-state index is 5.79. The second kappa shape index (κ2) is 4.29. The van der Waals surface area contributed by atoms with Crippen LogP contribution in [0, 0.1) is 0 Å². The van der Waals surface area contributed by atoms with Gasteiger partial charge in [0, 0.05) is 24.4 Å². The largest absolute Gasteiger partial charge is 0.363 e. The van der Waals surface area contributed by atoms with Crippen molar-refractivity contribution < 1.29 is 0 Å². The average Bonchev–Trinajstić information content (AvgIpc) is 2.27. The molecule has 1 aromatic carbocycles. The lowest BCUT2D eigenvalue weighted by Gasteiger charge is -2.12. The van der Waals surface area contributed by atoms with E-state index in [1.165, 1.54) is 11.0 Å². The Bertz CT molecular complexity index is 485.